The third kappa shape index (κ3) is 3.95. The largest absolute Gasteiger partial charge is 0.482 e. The Bertz CT molecular complexity index is 1210. The van der Waals surface area contributed by atoms with E-state index >= 15 is 0 Å². The van der Waals surface area contributed by atoms with Crippen LogP contribution in [0.5, 0.6) is 23.0 Å². The van der Waals surface area contributed by atoms with Crippen molar-refractivity contribution >= 4 is 17.9 Å². The van der Waals surface area contributed by atoms with Crippen molar-refractivity contribution in [3.63, 3.8) is 0 Å². The Balaban J connectivity index is 1.27. The first-order chi connectivity index (χ1) is 17.4. The number of amides is 3. The molecule has 36 heavy (non-hydrogen) atoms. The van der Waals surface area contributed by atoms with Crippen molar-refractivity contribution in [2.45, 2.75) is 49.9 Å². The van der Waals surface area contributed by atoms with Crippen LogP contribution in [0.3, 0.4) is 0 Å². The van der Waals surface area contributed by atoms with E-state index in [-0.39, 0.29) is 24.9 Å². The van der Waals surface area contributed by atoms with E-state index in [9.17, 15) is 19.5 Å². The summed E-state index contributed by atoms with van der Waals surface area (Å²) in [6, 6.07) is 12.5. The SMILES string of the molecule is O=C1CCC(N2Oc3cc4c(cc3O2)OC2(CCN(C(=O)O)CC2)C(Cc2ccccc2)O4)C(=O)N1. The highest BCUT2D eigenvalue weighted by Gasteiger charge is 2.50. The maximum Gasteiger partial charge on any atom is 0.407 e. The molecule has 0 saturated carbocycles. The minimum atomic E-state index is -0.946. The van der Waals surface area contributed by atoms with Crippen LogP contribution in [0.2, 0.25) is 0 Å². The lowest BCUT2D eigenvalue weighted by Gasteiger charge is -2.48. The molecule has 11 nitrogen and oxygen atoms in total. The van der Waals surface area contributed by atoms with Crippen LogP contribution in [0.1, 0.15) is 31.2 Å². The van der Waals surface area contributed by atoms with Gasteiger partial charge in [-0.2, -0.15) is 0 Å². The number of carbonyl (C=O) groups excluding carboxylic acids is 2. The molecule has 4 heterocycles. The van der Waals surface area contributed by atoms with E-state index in [0.29, 0.717) is 55.4 Å². The molecule has 2 saturated heterocycles. The van der Waals surface area contributed by atoms with Crippen LogP contribution in [0, 0.1) is 0 Å². The maximum atomic E-state index is 12.3. The second-order valence-corrected chi connectivity index (χ2v) is 9.41. The minimum Gasteiger partial charge on any atom is -0.482 e. The van der Waals surface area contributed by atoms with Crippen LogP contribution >= 0.6 is 0 Å². The van der Waals surface area contributed by atoms with E-state index in [2.05, 4.69) is 5.32 Å². The molecule has 6 rings (SSSR count). The second kappa shape index (κ2) is 8.59. The van der Waals surface area contributed by atoms with Gasteiger partial charge in [0.15, 0.2) is 29.0 Å². The third-order valence-electron chi connectivity index (χ3n) is 7.16. The fraction of sp³-hybridized carbons (Fsp3) is 0.400. The summed E-state index contributed by atoms with van der Waals surface area (Å²) in [7, 11) is 0. The van der Waals surface area contributed by atoms with E-state index in [1.807, 2.05) is 30.3 Å². The average molecular weight is 495 g/mol. The summed E-state index contributed by atoms with van der Waals surface area (Å²) in [6.07, 6.45) is 0.710. The van der Waals surface area contributed by atoms with Crippen molar-refractivity contribution in [2.24, 2.45) is 0 Å². The Morgan fingerprint density at radius 2 is 1.72 bits per heavy atom. The van der Waals surface area contributed by atoms with Crippen LogP contribution in [0.25, 0.3) is 0 Å². The third-order valence-corrected chi connectivity index (χ3v) is 7.16. The number of piperidine rings is 2. The first kappa shape index (κ1) is 22.5. The summed E-state index contributed by atoms with van der Waals surface area (Å²) in [4.78, 5) is 48.2. The normalized spacial score (nSPS) is 24.5. The van der Waals surface area contributed by atoms with Crippen LogP contribution in [-0.4, -0.2) is 64.0 Å². The van der Waals surface area contributed by atoms with Crippen molar-refractivity contribution in [2.75, 3.05) is 13.1 Å². The van der Waals surface area contributed by atoms with Gasteiger partial charge in [0, 0.05) is 56.1 Å². The number of carboxylic acid groups (broad SMARTS) is 1. The molecule has 2 unspecified atom stereocenters. The zero-order valence-electron chi connectivity index (χ0n) is 19.3. The van der Waals surface area contributed by atoms with Gasteiger partial charge < -0.3 is 29.2 Å². The molecule has 2 aromatic carbocycles. The fourth-order valence-corrected chi connectivity index (χ4v) is 5.16. The summed E-state index contributed by atoms with van der Waals surface area (Å²) in [5.41, 5.74) is 0.366. The quantitative estimate of drug-likeness (QED) is 0.617. The minimum absolute atomic E-state index is 0.190. The van der Waals surface area contributed by atoms with Crippen molar-refractivity contribution in [1.82, 2.24) is 15.4 Å². The molecule has 1 spiro atoms. The monoisotopic (exact) mass is 495 g/mol. The van der Waals surface area contributed by atoms with Crippen LogP contribution in [-0.2, 0) is 16.0 Å². The zero-order valence-corrected chi connectivity index (χ0v) is 19.3. The fourth-order valence-electron chi connectivity index (χ4n) is 5.16. The molecule has 0 radical (unpaired) electrons. The molecule has 2 aromatic rings. The zero-order chi connectivity index (χ0) is 24.9. The maximum absolute atomic E-state index is 12.3. The van der Waals surface area contributed by atoms with Gasteiger partial charge in [0.2, 0.25) is 5.91 Å². The van der Waals surface area contributed by atoms with Crippen LogP contribution < -0.4 is 24.5 Å². The molecule has 2 fully saturated rings. The highest BCUT2D eigenvalue weighted by atomic mass is 17.0. The summed E-state index contributed by atoms with van der Waals surface area (Å²) in [5, 5.41) is 12.8. The number of hydrogen-bond donors (Lipinski definition) is 2. The number of nitrogens with one attached hydrogen (secondary N) is 1. The van der Waals surface area contributed by atoms with Gasteiger partial charge in [0.1, 0.15) is 11.7 Å². The Morgan fingerprint density at radius 1 is 1.03 bits per heavy atom. The number of rotatable bonds is 3. The van der Waals surface area contributed by atoms with Gasteiger partial charge in [-0.15, -0.1) is 0 Å². The average Bonchev–Trinajstić information content (AvgIpc) is 3.26. The van der Waals surface area contributed by atoms with E-state index in [4.69, 9.17) is 19.1 Å². The molecule has 11 heteroatoms. The highest BCUT2D eigenvalue weighted by molar-refractivity contribution is 6.00. The lowest BCUT2D eigenvalue weighted by Crippen LogP contribution is -2.59. The molecule has 188 valence electrons. The number of ether oxygens (including phenoxy) is 2. The van der Waals surface area contributed by atoms with Gasteiger partial charge in [0.05, 0.1) is 0 Å². The number of fused-ring (bicyclic) bond motifs is 2. The van der Waals surface area contributed by atoms with Gasteiger partial charge in [-0.25, -0.2) is 4.79 Å². The smallest absolute Gasteiger partial charge is 0.407 e. The predicted octanol–water partition coefficient (Wildman–Crippen LogP) is 2.29. The number of imide groups is 1. The van der Waals surface area contributed by atoms with Gasteiger partial charge in [-0.3, -0.25) is 14.9 Å². The number of nitrogens with zero attached hydrogens (tertiary/aromatic N) is 2. The van der Waals surface area contributed by atoms with Gasteiger partial charge >= 0.3 is 6.09 Å². The van der Waals surface area contributed by atoms with E-state index in [0.717, 1.165) is 10.8 Å². The topological polar surface area (TPSA) is 127 Å². The number of hydroxylamine groups is 2. The molecule has 0 aliphatic carbocycles. The second-order valence-electron chi connectivity index (χ2n) is 9.41. The summed E-state index contributed by atoms with van der Waals surface area (Å²) in [5.74, 6) is 0.876. The Hall–Kier alpha value is -3.99. The highest BCUT2D eigenvalue weighted by Crippen LogP contribution is 2.50. The summed E-state index contributed by atoms with van der Waals surface area (Å²) < 4.78 is 13.1. The van der Waals surface area contributed by atoms with E-state index < -0.39 is 23.6 Å². The summed E-state index contributed by atoms with van der Waals surface area (Å²) >= 11 is 0. The van der Waals surface area contributed by atoms with E-state index in [1.165, 1.54) is 4.90 Å². The van der Waals surface area contributed by atoms with Gasteiger partial charge in [-0.1, -0.05) is 30.3 Å². The van der Waals surface area contributed by atoms with E-state index in [1.54, 1.807) is 12.1 Å². The van der Waals surface area contributed by atoms with Crippen LogP contribution in [0.15, 0.2) is 42.5 Å². The van der Waals surface area contributed by atoms with Crippen molar-refractivity contribution in [1.29, 1.82) is 0 Å². The molecule has 0 aromatic heterocycles. The first-order valence-electron chi connectivity index (χ1n) is 11.9. The molecule has 4 aliphatic heterocycles. The van der Waals surface area contributed by atoms with Gasteiger partial charge in [-0.05, 0) is 12.0 Å². The standard InChI is InChI=1S/C25H25N3O8/c29-22-7-6-16(23(30)26-22)28-35-19-13-17-18(14-20(19)36-28)34-25(8-10-27(11-9-25)24(31)32)21(33-17)12-15-4-2-1-3-5-15/h1-5,13-14,16,21H,6-12H2,(H,31,32)(H,26,29,30). The lowest BCUT2D eigenvalue weighted by atomic mass is 9.82. The number of carbonyl (C=O) groups is 3. The molecule has 2 atom stereocenters. The molecule has 0 bridgehead atoms. The predicted molar refractivity (Wildman–Crippen MR) is 122 cm³/mol. The Morgan fingerprint density at radius 3 is 2.39 bits per heavy atom. The number of hydrogen-bond acceptors (Lipinski definition) is 8. The molecular formula is C25H25N3O8. The molecule has 2 N–H and O–H groups in total. The summed E-state index contributed by atoms with van der Waals surface area (Å²) in [6.45, 7) is 0.681. The first-order valence-corrected chi connectivity index (χ1v) is 11.9. The number of benzene rings is 2. The molecule has 3 amide bonds. The molecular weight excluding hydrogens is 470 g/mol. The van der Waals surface area contributed by atoms with Crippen molar-refractivity contribution < 1.29 is 38.6 Å². The number of likely N-dealkylation sites (tertiary alicyclic amines) is 1. The lowest BCUT2D eigenvalue weighted by molar-refractivity contribution is -0.252. The van der Waals surface area contributed by atoms with Crippen molar-refractivity contribution in [3.05, 3.63) is 48.0 Å². The van der Waals surface area contributed by atoms with Gasteiger partial charge in [0.25, 0.3) is 5.91 Å². The molecule has 4 aliphatic rings. The van der Waals surface area contributed by atoms with Crippen LogP contribution in [0.4, 0.5) is 4.79 Å². The Kier molecular flexibility index (Phi) is 5.36. The van der Waals surface area contributed by atoms with Crippen molar-refractivity contribution in [3.8, 4) is 23.0 Å². The Labute approximate surface area is 206 Å².